The smallest absolute Gasteiger partial charge is 0.408 e. The van der Waals surface area contributed by atoms with E-state index in [0.717, 1.165) is 23.1 Å². The highest BCUT2D eigenvalue weighted by Gasteiger charge is 2.39. The van der Waals surface area contributed by atoms with Gasteiger partial charge in [-0.25, -0.2) is 4.79 Å². The number of carbonyl (C=O) groups is 4. The van der Waals surface area contributed by atoms with E-state index in [4.69, 9.17) is 9.47 Å². The summed E-state index contributed by atoms with van der Waals surface area (Å²) in [7, 11) is 1.25. The van der Waals surface area contributed by atoms with Crippen molar-refractivity contribution in [1.29, 1.82) is 0 Å². The first kappa shape index (κ1) is 35.3. The normalized spacial score (nSPS) is 13.4. The van der Waals surface area contributed by atoms with Crippen molar-refractivity contribution in [2.75, 3.05) is 13.7 Å². The molecule has 0 saturated heterocycles. The lowest BCUT2D eigenvalue weighted by Crippen LogP contribution is -2.56. The lowest BCUT2D eigenvalue weighted by Gasteiger charge is -2.39. The molecule has 43 heavy (non-hydrogen) atoms. The Balaban J connectivity index is 2.68. The third-order valence-electron chi connectivity index (χ3n) is 7.04. The Morgan fingerprint density at radius 2 is 1.58 bits per heavy atom. The largest absolute Gasteiger partial charge is 0.468 e. The quantitative estimate of drug-likeness (QED) is 0.299. The second-order valence-corrected chi connectivity index (χ2v) is 12.5. The molecule has 236 valence electrons. The molecule has 9 heteroatoms. The van der Waals surface area contributed by atoms with E-state index < -0.39 is 41.6 Å². The van der Waals surface area contributed by atoms with Gasteiger partial charge in [0.25, 0.3) is 0 Å². The van der Waals surface area contributed by atoms with Gasteiger partial charge in [-0.1, -0.05) is 67.9 Å². The Labute approximate surface area is 256 Å². The van der Waals surface area contributed by atoms with Crippen molar-refractivity contribution in [3.63, 3.8) is 0 Å². The van der Waals surface area contributed by atoms with E-state index >= 15 is 0 Å². The van der Waals surface area contributed by atoms with Crippen LogP contribution in [0.25, 0.3) is 0 Å². The number of hydrogen-bond acceptors (Lipinski definition) is 6. The Bertz CT molecular complexity index is 1240. The lowest BCUT2D eigenvalue weighted by atomic mass is 9.93. The van der Waals surface area contributed by atoms with Gasteiger partial charge < -0.3 is 25.0 Å². The molecule has 0 aliphatic heterocycles. The zero-order valence-electron chi connectivity index (χ0n) is 27.2. The molecule has 0 heterocycles. The first-order valence-corrected chi connectivity index (χ1v) is 14.9. The Kier molecular flexibility index (Phi) is 13.2. The minimum absolute atomic E-state index is 0.190. The average molecular weight is 596 g/mol. The predicted molar refractivity (Wildman–Crippen MR) is 167 cm³/mol. The Morgan fingerprint density at radius 3 is 2.14 bits per heavy atom. The number of aryl methyl sites for hydroxylation is 2. The van der Waals surface area contributed by atoms with E-state index in [1.807, 2.05) is 69.3 Å². The molecular formula is C34H49N3O6. The Morgan fingerprint density at radius 1 is 0.930 bits per heavy atom. The van der Waals surface area contributed by atoms with E-state index in [1.54, 1.807) is 25.7 Å². The van der Waals surface area contributed by atoms with E-state index in [-0.39, 0.29) is 19.0 Å². The van der Waals surface area contributed by atoms with Crippen molar-refractivity contribution in [3.8, 4) is 0 Å². The van der Waals surface area contributed by atoms with Crippen LogP contribution in [0.3, 0.4) is 0 Å². The topological polar surface area (TPSA) is 114 Å². The maximum absolute atomic E-state index is 14.7. The first-order chi connectivity index (χ1) is 20.1. The highest BCUT2D eigenvalue weighted by molar-refractivity contribution is 5.93. The van der Waals surface area contributed by atoms with Gasteiger partial charge in [-0.3, -0.25) is 14.4 Å². The summed E-state index contributed by atoms with van der Waals surface area (Å²) < 4.78 is 10.3. The summed E-state index contributed by atoms with van der Waals surface area (Å²) >= 11 is 0. The molecule has 2 rings (SSSR count). The van der Waals surface area contributed by atoms with Crippen LogP contribution < -0.4 is 10.6 Å². The molecule has 0 aliphatic carbocycles. The van der Waals surface area contributed by atoms with Crippen LogP contribution in [0.15, 0.2) is 48.5 Å². The number of rotatable bonds is 13. The summed E-state index contributed by atoms with van der Waals surface area (Å²) in [6.45, 7) is 14.9. The fraction of sp³-hybridized carbons (Fsp3) is 0.529. The van der Waals surface area contributed by atoms with Crippen molar-refractivity contribution in [3.05, 3.63) is 70.8 Å². The molecule has 0 aliphatic rings. The minimum atomic E-state index is -1.07. The number of amides is 3. The summed E-state index contributed by atoms with van der Waals surface area (Å²) in [5.74, 6) is -1.18. The molecule has 3 atom stereocenters. The molecule has 0 spiro atoms. The monoisotopic (exact) mass is 595 g/mol. The maximum Gasteiger partial charge on any atom is 0.408 e. The standard InChI is InChI=1S/C34H49N3O6/c1-22(2)15-17-25(5)37(30(31(39)35-21-29(38)42-9)27-18-16-23(3)19-24(27)4)32(40)28(20-26-13-11-10-12-14-26)36-33(41)43-34(6,7)8/h10-14,16,18-19,22,25,28,30H,15,17,20-21H2,1-9H3,(H,35,39)(H,36,41). The summed E-state index contributed by atoms with van der Waals surface area (Å²) in [5, 5.41) is 5.46. The van der Waals surface area contributed by atoms with Crippen molar-refractivity contribution >= 4 is 23.9 Å². The van der Waals surface area contributed by atoms with Crippen LogP contribution in [0.4, 0.5) is 4.79 Å². The summed E-state index contributed by atoms with van der Waals surface area (Å²) in [5.41, 5.74) is 2.53. The van der Waals surface area contributed by atoms with Crippen LogP contribution in [0.2, 0.25) is 0 Å². The van der Waals surface area contributed by atoms with Crippen molar-refractivity contribution < 1.29 is 28.7 Å². The number of alkyl carbamates (subject to hydrolysis) is 1. The van der Waals surface area contributed by atoms with Gasteiger partial charge in [-0.15, -0.1) is 0 Å². The van der Waals surface area contributed by atoms with Crippen LogP contribution in [0, 0.1) is 19.8 Å². The van der Waals surface area contributed by atoms with E-state index in [0.29, 0.717) is 17.9 Å². The van der Waals surface area contributed by atoms with Crippen molar-refractivity contribution in [1.82, 2.24) is 15.5 Å². The van der Waals surface area contributed by atoms with Gasteiger partial charge in [0, 0.05) is 12.5 Å². The fourth-order valence-corrected chi connectivity index (χ4v) is 4.87. The molecular weight excluding hydrogens is 546 g/mol. The predicted octanol–water partition coefficient (Wildman–Crippen LogP) is 5.42. The van der Waals surface area contributed by atoms with Gasteiger partial charge in [0.1, 0.15) is 24.2 Å². The highest BCUT2D eigenvalue weighted by Crippen LogP contribution is 2.30. The van der Waals surface area contributed by atoms with Gasteiger partial charge >= 0.3 is 12.1 Å². The summed E-state index contributed by atoms with van der Waals surface area (Å²) in [6, 6.07) is 12.6. The third-order valence-corrected chi connectivity index (χ3v) is 7.04. The van der Waals surface area contributed by atoms with E-state index in [1.165, 1.54) is 7.11 Å². The van der Waals surface area contributed by atoms with Crippen LogP contribution in [0.5, 0.6) is 0 Å². The second kappa shape index (κ2) is 16.1. The number of esters is 1. The summed E-state index contributed by atoms with van der Waals surface area (Å²) in [4.78, 5) is 55.2. The lowest BCUT2D eigenvalue weighted by molar-refractivity contribution is -0.146. The fourth-order valence-electron chi connectivity index (χ4n) is 4.87. The average Bonchev–Trinajstić information content (AvgIpc) is 2.92. The molecule has 0 saturated carbocycles. The van der Waals surface area contributed by atoms with Gasteiger partial charge in [-0.2, -0.15) is 0 Å². The number of ether oxygens (including phenoxy) is 2. The maximum atomic E-state index is 14.7. The molecule has 2 N–H and O–H groups in total. The number of benzene rings is 2. The Hall–Kier alpha value is -3.88. The number of hydrogen-bond donors (Lipinski definition) is 2. The second-order valence-electron chi connectivity index (χ2n) is 12.5. The minimum Gasteiger partial charge on any atom is -0.468 e. The van der Waals surface area contributed by atoms with E-state index in [9.17, 15) is 19.2 Å². The molecule has 0 radical (unpaired) electrons. The van der Waals surface area contributed by atoms with E-state index in [2.05, 4.69) is 24.5 Å². The van der Waals surface area contributed by atoms with Crippen LogP contribution in [0.1, 0.15) is 82.7 Å². The van der Waals surface area contributed by atoms with Crippen molar-refractivity contribution in [2.24, 2.45) is 5.92 Å². The SMILES string of the molecule is COC(=O)CNC(=O)C(c1ccc(C)cc1C)N(C(=O)C(Cc1ccccc1)NC(=O)OC(C)(C)C)C(C)CCC(C)C. The molecule has 9 nitrogen and oxygen atoms in total. The van der Waals surface area contributed by atoms with Gasteiger partial charge in [0.05, 0.1) is 7.11 Å². The molecule has 2 aromatic rings. The zero-order valence-corrected chi connectivity index (χ0v) is 27.2. The number of nitrogens with zero attached hydrogens (tertiary/aromatic N) is 1. The molecule has 3 unspecified atom stereocenters. The zero-order chi connectivity index (χ0) is 32.3. The van der Waals surface area contributed by atoms with Crippen LogP contribution in [-0.2, 0) is 30.3 Å². The number of nitrogens with one attached hydrogen (secondary N) is 2. The highest BCUT2D eigenvalue weighted by atomic mass is 16.6. The van der Waals surface area contributed by atoms with Crippen molar-refractivity contribution in [2.45, 2.75) is 98.4 Å². The summed E-state index contributed by atoms with van der Waals surface area (Å²) in [6.07, 6.45) is 0.904. The van der Waals surface area contributed by atoms with Gasteiger partial charge in [-0.05, 0) is 77.0 Å². The first-order valence-electron chi connectivity index (χ1n) is 14.9. The third kappa shape index (κ3) is 11.4. The molecule has 0 bridgehead atoms. The number of methoxy groups -OCH3 is 1. The van der Waals surface area contributed by atoms with Gasteiger partial charge in [0.2, 0.25) is 11.8 Å². The molecule has 0 aromatic heterocycles. The molecule has 3 amide bonds. The molecule has 2 aromatic carbocycles. The van der Waals surface area contributed by atoms with Crippen LogP contribution in [-0.4, -0.2) is 60.1 Å². The molecule has 0 fully saturated rings. The van der Waals surface area contributed by atoms with Crippen LogP contribution >= 0.6 is 0 Å². The number of carbonyl (C=O) groups excluding carboxylic acids is 4. The van der Waals surface area contributed by atoms with Gasteiger partial charge in [0.15, 0.2) is 0 Å².